The molecule has 1 aromatic carbocycles. The largest absolute Gasteiger partial charge is 0.382 e. The highest BCUT2D eigenvalue weighted by molar-refractivity contribution is 7.91. The van der Waals surface area contributed by atoms with Gasteiger partial charge < -0.3 is 10.2 Å². The quantitative estimate of drug-likeness (QED) is 0.918. The Morgan fingerprint density at radius 1 is 1.29 bits per heavy atom. The monoisotopic (exact) mass is 318 g/mol. The molecule has 1 fully saturated rings. The maximum atomic E-state index is 12.4. The summed E-state index contributed by atoms with van der Waals surface area (Å²) in [6.45, 7) is 0.647. The molecule has 0 radical (unpaired) electrons. The van der Waals surface area contributed by atoms with Crippen molar-refractivity contribution in [2.24, 2.45) is 0 Å². The van der Waals surface area contributed by atoms with Crippen LogP contribution in [0, 0.1) is 0 Å². The smallest absolute Gasteiger partial charge is 0.341 e. The predicted molar refractivity (Wildman–Crippen MR) is 73.9 cm³/mol. The molecule has 0 aromatic heterocycles. The Balaban J connectivity index is 2.05. The molecule has 5 nitrogen and oxygen atoms in total. The first-order valence-corrected chi connectivity index (χ1v) is 7.98. The number of sulfone groups is 1. The molecule has 8 heteroatoms. The van der Waals surface area contributed by atoms with Gasteiger partial charge in [-0.2, -0.15) is 8.78 Å². The molecule has 1 saturated heterocycles. The normalized spacial score (nSPS) is 19.9. The lowest BCUT2D eigenvalue weighted by atomic mass is 10.0. The number of amides is 1. The SMILES string of the molecule is CN1CC[C@@H](Nc2ccc(S(=O)(=O)C(F)F)cc2)CC1=O. The molecule has 0 spiro atoms. The third-order valence-corrected chi connectivity index (χ3v) is 4.85. The molecule has 1 heterocycles. The van der Waals surface area contributed by atoms with Gasteiger partial charge in [-0.3, -0.25) is 4.79 Å². The van der Waals surface area contributed by atoms with Crippen molar-refractivity contribution in [1.29, 1.82) is 0 Å². The summed E-state index contributed by atoms with van der Waals surface area (Å²) in [5.41, 5.74) is 0.602. The van der Waals surface area contributed by atoms with E-state index < -0.39 is 20.5 Å². The topological polar surface area (TPSA) is 66.5 Å². The predicted octanol–water partition coefficient (Wildman–Crippen LogP) is 1.72. The number of halogens is 2. The van der Waals surface area contributed by atoms with E-state index in [0.29, 0.717) is 18.7 Å². The zero-order valence-electron chi connectivity index (χ0n) is 11.4. The average Bonchev–Trinajstić information content (AvgIpc) is 2.43. The standard InChI is InChI=1S/C13H16F2N2O3S/c1-17-7-6-10(8-12(17)18)16-9-2-4-11(5-3-9)21(19,20)13(14)15/h2-5,10,13,16H,6-8H2,1H3/t10-/m1/s1. The highest BCUT2D eigenvalue weighted by Gasteiger charge is 2.27. The number of nitrogens with one attached hydrogen (secondary N) is 1. The summed E-state index contributed by atoms with van der Waals surface area (Å²) in [6, 6.07) is 5.10. The molecule has 1 N–H and O–H groups in total. The summed E-state index contributed by atoms with van der Waals surface area (Å²) >= 11 is 0. The third-order valence-electron chi connectivity index (χ3n) is 3.45. The van der Waals surface area contributed by atoms with Gasteiger partial charge in [0.05, 0.1) is 4.90 Å². The van der Waals surface area contributed by atoms with E-state index in [1.165, 1.54) is 12.1 Å². The maximum absolute atomic E-state index is 12.4. The Hall–Kier alpha value is -1.70. The fraction of sp³-hybridized carbons (Fsp3) is 0.462. The van der Waals surface area contributed by atoms with E-state index in [9.17, 15) is 22.0 Å². The van der Waals surface area contributed by atoms with Crippen LogP contribution in [0.5, 0.6) is 0 Å². The lowest BCUT2D eigenvalue weighted by Crippen LogP contribution is -2.40. The molecule has 0 aliphatic carbocycles. The average molecular weight is 318 g/mol. The van der Waals surface area contributed by atoms with Gasteiger partial charge in [-0.25, -0.2) is 8.42 Å². The van der Waals surface area contributed by atoms with Gasteiger partial charge in [0.15, 0.2) is 0 Å². The number of anilines is 1. The number of carbonyl (C=O) groups is 1. The van der Waals surface area contributed by atoms with Gasteiger partial charge in [0.1, 0.15) is 0 Å². The Bertz CT molecular complexity index is 617. The van der Waals surface area contributed by atoms with Crippen LogP contribution in [0.3, 0.4) is 0 Å². The van der Waals surface area contributed by atoms with E-state index in [4.69, 9.17) is 0 Å². The van der Waals surface area contributed by atoms with Gasteiger partial charge in [-0.05, 0) is 30.7 Å². The molecule has 1 aliphatic heterocycles. The van der Waals surface area contributed by atoms with Crippen LogP contribution in [0.25, 0.3) is 0 Å². The number of likely N-dealkylation sites (tertiary alicyclic amines) is 1. The van der Waals surface area contributed by atoms with E-state index >= 15 is 0 Å². The number of nitrogens with zero attached hydrogens (tertiary/aromatic N) is 1. The molecule has 1 aromatic rings. The highest BCUT2D eigenvalue weighted by atomic mass is 32.2. The minimum absolute atomic E-state index is 0.0359. The lowest BCUT2D eigenvalue weighted by molar-refractivity contribution is -0.132. The van der Waals surface area contributed by atoms with Crippen LogP contribution in [0.15, 0.2) is 29.2 Å². The second kappa shape index (κ2) is 5.97. The number of hydrogen-bond acceptors (Lipinski definition) is 4. The molecule has 21 heavy (non-hydrogen) atoms. The van der Waals surface area contributed by atoms with Crippen LogP contribution in [-0.4, -0.2) is 44.6 Å². The van der Waals surface area contributed by atoms with Crippen molar-refractivity contribution in [2.75, 3.05) is 18.9 Å². The molecule has 1 amide bonds. The van der Waals surface area contributed by atoms with Gasteiger partial charge in [-0.15, -0.1) is 0 Å². The summed E-state index contributed by atoms with van der Waals surface area (Å²) < 4.78 is 47.4. The highest BCUT2D eigenvalue weighted by Crippen LogP contribution is 2.22. The first kappa shape index (κ1) is 15.7. The first-order chi connectivity index (χ1) is 9.80. The summed E-state index contributed by atoms with van der Waals surface area (Å²) in [5.74, 6) is -3.39. The van der Waals surface area contributed by atoms with E-state index in [-0.39, 0.29) is 11.9 Å². The van der Waals surface area contributed by atoms with Gasteiger partial charge in [-0.1, -0.05) is 0 Å². The Kier molecular flexibility index (Phi) is 4.46. The van der Waals surface area contributed by atoms with Crippen molar-refractivity contribution >= 4 is 21.4 Å². The van der Waals surface area contributed by atoms with Crippen LogP contribution >= 0.6 is 0 Å². The number of hydrogen-bond donors (Lipinski definition) is 1. The van der Waals surface area contributed by atoms with Crippen LogP contribution < -0.4 is 5.32 Å². The van der Waals surface area contributed by atoms with Crippen LogP contribution in [0.1, 0.15) is 12.8 Å². The minimum Gasteiger partial charge on any atom is -0.382 e. The van der Waals surface area contributed by atoms with Crippen LogP contribution in [-0.2, 0) is 14.6 Å². The van der Waals surface area contributed by atoms with Crippen LogP contribution in [0.4, 0.5) is 14.5 Å². The number of carbonyl (C=O) groups excluding carboxylic acids is 1. The second-order valence-corrected chi connectivity index (χ2v) is 6.90. The number of alkyl halides is 2. The summed E-state index contributed by atoms with van der Waals surface area (Å²) in [7, 11) is -2.83. The first-order valence-electron chi connectivity index (χ1n) is 6.43. The molecule has 0 bridgehead atoms. The van der Waals surface area contributed by atoms with Gasteiger partial charge in [0.2, 0.25) is 15.7 Å². The molecular weight excluding hydrogens is 302 g/mol. The molecule has 1 atom stereocenters. The van der Waals surface area contributed by atoms with Crippen molar-refractivity contribution in [1.82, 2.24) is 4.90 Å². The number of benzene rings is 1. The lowest BCUT2D eigenvalue weighted by Gasteiger charge is -2.29. The van der Waals surface area contributed by atoms with E-state index in [2.05, 4.69) is 5.32 Å². The fourth-order valence-corrected chi connectivity index (χ4v) is 2.87. The summed E-state index contributed by atoms with van der Waals surface area (Å²) in [5, 5.41) is 3.11. The number of rotatable bonds is 4. The Labute approximate surface area is 121 Å². The minimum atomic E-state index is -4.56. The van der Waals surface area contributed by atoms with Gasteiger partial charge in [0, 0.05) is 31.7 Å². The number of piperidine rings is 1. The van der Waals surface area contributed by atoms with Crippen molar-refractivity contribution < 1.29 is 22.0 Å². The summed E-state index contributed by atoms with van der Waals surface area (Å²) in [4.78, 5) is 12.8. The van der Waals surface area contributed by atoms with E-state index in [1.54, 1.807) is 11.9 Å². The molecule has 0 saturated carbocycles. The molecule has 116 valence electrons. The van der Waals surface area contributed by atoms with Crippen molar-refractivity contribution in [2.45, 2.75) is 29.5 Å². The molecule has 0 unspecified atom stereocenters. The van der Waals surface area contributed by atoms with E-state index in [0.717, 1.165) is 18.6 Å². The Morgan fingerprint density at radius 3 is 2.43 bits per heavy atom. The second-order valence-electron chi connectivity index (χ2n) is 4.98. The summed E-state index contributed by atoms with van der Waals surface area (Å²) in [6.07, 6.45) is 1.13. The third kappa shape index (κ3) is 3.49. The zero-order valence-corrected chi connectivity index (χ0v) is 12.2. The van der Waals surface area contributed by atoms with Gasteiger partial charge in [0.25, 0.3) is 0 Å². The zero-order chi connectivity index (χ0) is 15.6. The van der Waals surface area contributed by atoms with Crippen LogP contribution in [0.2, 0.25) is 0 Å². The molecule has 2 rings (SSSR count). The van der Waals surface area contributed by atoms with Crippen molar-refractivity contribution in [3.05, 3.63) is 24.3 Å². The van der Waals surface area contributed by atoms with E-state index in [1.807, 2.05) is 0 Å². The fourth-order valence-electron chi connectivity index (χ4n) is 2.15. The van der Waals surface area contributed by atoms with Crippen molar-refractivity contribution in [3.63, 3.8) is 0 Å². The molecular formula is C13H16F2N2O3S. The molecule has 1 aliphatic rings. The van der Waals surface area contributed by atoms with Crippen molar-refractivity contribution in [3.8, 4) is 0 Å². The maximum Gasteiger partial charge on any atom is 0.341 e. The van der Waals surface area contributed by atoms with Gasteiger partial charge >= 0.3 is 5.76 Å². The Morgan fingerprint density at radius 2 is 1.90 bits per heavy atom.